The number of esters is 1. The highest BCUT2D eigenvalue weighted by Gasteiger charge is 2.33. The fourth-order valence-electron chi connectivity index (χ4n) is 3.57. The van der Waals surface area contributed by atoms with Gasteiger partial charge in [-0.05, 0) is 29.3 Å². The number of nitrogens with one attached hydrogen (secondary N) is 1. The molecule has 1 aromatic heterocycles. The molecule has 9 heteroatoms. The maximum absolute atomic E-state index is 13.2. The van der Waals surface area contributed by atoms with Crippen LogP contribution in [0.3, 0.4) is 0 Å². The number of ketones is 1. The van der Waals surface area contributed by atoms with Crippen molar-refractivity contribution in [3.05, 3.63) is 97.8 Å². The van der Waals surface area contributed by atoms with Crippen molar-refractivity contribution in [2.24, 2.45) is 0 Å². The third-order valence-corrected chi connectivity index (χ3v) is 5.28. The minimum atomic E-state index is -0.847. The summed E-state index contributed by atoms with van der Waals surface area (Å²) in [5.41, 5.74) is -0.143. The molecule has 3 aromatic rings. The fourth-order valence-corrected chi connectivity index (χ4v) is 3.57. The van der Waals surface area contributed by atoms with Crippen LogP contribution in [0.4, 0.5) is 5.82 Å². The third-order valence-electron chi connectivity index (χ3n) is 5.28. The van der Waals surface area contributed by atoms with Crippen LogP contribution in [-0.4, -0.2) is 35.1 Å². The Kier molecular flexibility index (Phi) is 5.95. The number of carbonyl (C=O) groups excluding carboxylic acids is 2. The highest BCUT2D eigenvalue weighted by atomic mass is 16.5. The molecule has 2 aromatic carbocycles. The number of methoxy groups -OCH3 is 2. The van der Waals surface area contributed by atoms with E-state index in [1.54, 1.807) is 37.5 Å². The van der Waals surface area contributed by atoms with Gasteiger partial charge in [-0.2, -0.15) is 0 Å². The van der Waals surface area contributed by atoms with Gasteiger partial charge >= 0.3 is 11.7 Å². The Bertz CT molecular complexity index is 1370. The molecule has 0 amide bonds. The van der Waals surface area contributed by atoms with Gasteiger partial charge in [0.2, 0.25) is 5.78 Å². The Morgan fingerprint density at radius 1 is 0.970 bits per heavy atom. The predicted octanol–water partition coefficient (Wildman–Crippen LogP) is 1.89. The smallest absolute Gasteiger partial charge is 0.333 e. The van der Waals surface area contributed by atoms with E-state index >= 15 is 0 Å². The number of hydrogen-bond acceptors (Lipinski definition) is 7. The van der Waals surface area contributed by atoms with Crippen molar-refractivity contribution in [2.45, 2.75) is 13.1 Å². The molecular formula is C24H21N3O6. The van der Waals surface area contributed by atoms with Gasteiger partial charge in [-0.15, -0.1) is 0 Å². The molecule has 9 nitrogen and oxygen atoms in total. The molecule has 0 radical (unpaired) electrons. The quantitative estimate of drug-likeness (QED) is 0.454. The minimum absolute atomic E-state index is 0.0968. The van der Waals surface area contributed by atoms with E-state index in [4.69, 9.17) is 4.74 Å². The molecule has 0 saturated heterocycles. The Balaban J connectivity index is 1.84. The van der Waals surface area contributed by atoms with E-state index in [1.807, 2.05) is 30.3 Å². The van der Waals surface area contributed by atoms with E-state index in [0.717, 1.165) is 17.2 Å². The average Bonchev–Trinajstić information content (AvgIpc) is 3.16. The molecule has 1 N–H and O–H groups in total. The van der Waals surface area contributed by atoms with Crippen LogP contribution in [0.2, 0.25) is 0 Å². The first-order valence-corrected chi connectivity index (χ1v) is 10.1. The van der Waals surface area contributed by atoms with Crippen molar-refractivity contribution in [3.8, 4) is 5.75 Å². The number of anilines is 1. The molecule has 168 valence electrons. The standard InChI is InChI=1S/C24H21N3O6/c1-32-17-10-8-15(9-11-17)12-18-21(29)20-22(25-18)26(13-16-6-4-3-5-7-16)24(31)27(23(20)30)14-19(28)33-2/h3-12,25H,13-14H2,1-2H3. The van der Waals surface area contributed by atoms with E-state index in [9.17, 15) is 19.2 Å². The zero-order chi connectivity index (χ0) is 23.5. The number of carbonyl (C=O) groups is 2. The van der Waals surface area contributed by atoms with Crippen LogP contribution in [0.15, 0.2) is 69.9 Å². The fraction of sp³-hybridized carbons (Fsp3) is 0.167. The van der Waals surface area contributed by atoms with Gasteiger partial charge in [0.25, 0.3) is 5.56 Å². The molecule has 0 bridgehead atoms. The molecule has 1 aliphatic rings. The molecule has 0 spiro atoms. The second-order valence-electron chi connectivity index (χ2n) is 7.33. The monoisotopic (exact) mass is 447 g/mol. The summed E-state index contributed by atoms with van der Waals surface area (Å²) in [5.74, 6) is -0.577. The number of nitrogens with zero attached hydrogens (tertiary/aromatic N) is 2. The largest absolute Gasteiger partial charge is 0.497 e. The van der Waals surface area contributed by atoms with Crippen molar-refractivity contribution < 1.29 is 19.1 Å². The van der Waals surface area contributed by atoms with Gasteiger partial charge in [-0.25, -0.2) is 9.36 Å². The molecule has 0 saturated carbocycles. The number of fused-ring (bicyclic) bond motifs is 1. The molecule has 0 fully saturated rings. The molecule has 4 rings (SSSR count). The normalized spacial score (nSPS) is 13.5. The second-order valence-corrected chi connectivity index (χ2v) is 7.33. The number of hydrogen-bond donors (Lipinski definition) is 1. The van der Waals surface area contributed by atoms with Crippen LogP contribution in [0.5, 0.6) is 5.75 Å². The summed E-state index contributed by atoms with van der Waals surface area (Å²) in [6.07, 6.45) is 1.59. The Morgan fingerprint density at radius 3 is 2.30 bits per heavy atom. The van der Waals surface area contributed by atoms with Crippen molar-refractivity contribution in [2.75, 3.05) is 19.5 Å². The number of aromatic nitrogens is 2. The lowest BCUT2D eigenvalue weighted by molar-refractivity contribution is -0.141. The summed E-state index contributed by atoms with van der Waals surface area (Å²) >= 11 is 0. The van der Waals surface area contributed by atoms with E-state index in [1.165, 1.54) is 4.57 Å². The Hall–Kier alpha value is -4.40. The van der Waals surface area contributed by atoms with Crippen molar-refractivity contribution in [3.63, 3.8) is 0 Å². The number of allylic oxidation sites excluding steroid dienone is 1. The zero-order valence-corrected chi connectivity index (χ0v) is 18.0. The SMILES string of the molecule is COC(=O)Cn1c(=O)c2c(n(Cc3ccccc3)c1=O)NC(=Cc1ccc(OC)cc1)C2=O. The summed E-state index contributed by atoms with van der Waals surface area (Å²) in [4.78, 5) is 51.3. The summed E-state index contributed by atoms with van der Waals surface area (Å²) in [5, 5.41) is 2.94. The zero-order valence-electron chi connectivity index (χ0n) is 18.0. The Morgan fingerprint density at radius 2 is 1.67 bits per heavy atom. The highest BCUT2D eigenvalue weighted by Crippen LogP contribution is 2.27. The van der Waals surface area contributed by atoms with Crippen molar-refractivity contribution in [1.29, 1.82) is 0 Å². The average molecular weight is 447 g/mol. The lowest BCUT2D eigenvalue weighted by Gasteiger charge is -2.14. The van der Waals surface area contributed by atoms with Crippen LogP contribution in [0, 0.1) is 0 Å². The summed E-state index contributed by atoms with van der Waals surface area (Å²) < 4.78 is 11.8. The van der Waals surface area contributed by atoms with E-state index in [2.05, 4.69) is 10.1 Å². The van der Waals surface area contributed by atoms with Crippen LogP contribution in [0.25, 0.3) is 6.08 Å². The van der Waals surface area contributed by atoms with Crippen LogP contribution in [0.1, 0.15) is 21.5 Å². The molecule has 0 unspecified atom stereocenters. The van der Waals surface area contributed by atoms with E-state index in [0.29, 0.717) is 11.3 Å². The molecule has 1 aliphatic heterocycles. The van der Waals surface area contributed by atoms with Gasteiger partial charge < -0.3 is 14.8 Å². The lowest BCUT2D eigenvalue weighted by Crippen LogP contribution is -2.44. The number of Topliss-reactive ketones (excluding diaryl/α,β-unsaturated/α-hetero) is 1. The van der Waals surface area contributed by atoms with Crippen LogP contribution >= 0.6 is 0 Å². The summed E-state index contributed by atoms with van der Waals surface area (Å²) in [6.45, 7) is -0.499. The van der Waals surface area contributed by atoms with Gasteiger partial charge in [0.05, 0.1) is 26.5 Å². The van der Waals surface area contributed by atoms with E-state index in [-0.39, 0.29) is 23.6 Å². The first-order valence-electron chi connectivity index (χ1n) is 10.1. The topological polar surface area (TPSA) is 109 Å². The Labute approximate surface area is 188 Å². The van der Waals surface area contributed by atoms with Crippen LogP contribution in [-0.2, 0) is 22.6 Å². The van der Waals surface area contributed by atoms with Crippen molar-refractivity contribution in [1.82, 2.24) is 9.13 Å². The van der Waals surface area contributed by atoms with Gasteiger partial charge in [0.1, 0.15) is 23.7 Å². The van der Waals surface area contributed by atoms with Crippen LogP contribution < -0.4 is 21.3 Å². The number of benzene rings is 2. The summed E-state index contributed by atoms with van der Waals surface area (Å²) in [7, 11) is 2.71. The van der Waals surface area contributed by atoms with Gasteiger partial charge in [0.15, 0.2) is 0 Å². The lowest BCUT2D eigenvalue weighted by atomic mass is 10.1. The molecule has 0 atom stereocenters. The summed E-state index contributed by atoms with van der Waals surface area (Å²) in [6, 6.07) is 16.1. The third kappa shape index (κ3) is 4.20. The second kappa shape index (κ2) is 8.99. The molecule has 2 heterocycles. The van der Waals surface area contributed by atoms with Crippen molar-refractivity contribution >= 4 is 23.6 Å². The first-order chi connectivity index (χ1) is 15.9. The van der Waals surface area contributed by atoms with Gasteiger partial charge in [-0.3, -0.25) is 19.0 Å². The van der Waals surface area contributed by atoms with Gasteiger partial charge in [0, 0.05) is 0 Å². The number of rotatable bonds is 6. The van der Waals surface area contributed by atoms with E-state index < -0.39 is 29.5 Å². The van der Waals surface area contributed by atoms with Gasteiger partial charge in [-0.1, -0.05) is 42.5 Å². The predicted molar refractivity (Wildman–Crippen MR) is 121 cm³/mol. The number of ether oxygens (including phenoxy) is 2. The molecule has 0 aliphatic carbocycles. The first kappa shape index (κ1) is 21.8. The molecule has 33 heavy (non-hydrogen) atoms. The maximum atomic E-state index is 13.2. The maximum Gasteiger partial charge on any atom is 0.333 e. The molecular weight excluding hydrogens is 426 g/mol. The highest BCUT2D eigenvalue weighted by molar-refractivity contribution is 6.19. The minimum Gasteiger partial charge on any atom is -0.497 e.